The third kappa shape index (κ3) is 4.23. The first-order chi connectivity index (χ1) is 14.4. The van der Waals surface area contributed by atoms with Crippen molar-refractivity contribution in [3.8, 4) is 0 Å². The predicted octanol–water partition coefficient (Wildman–Crippen LogP) is 2.98. The van der Waals surface area contributed by atoms with E-state index in [0.29, 0.717) is 17.8 Å². The molecule has 0 spiro atoms. The minimum atomic E-state index is -0.255. The third-order valence-electron chi connectivity index (χ3n) is 7.40. The first-order valence-electron chi connectivity index (χ1n) is 11.3. The zero-order valence-corrected chi connectivity index (χ0v) is 18.1. The van der Waals surface area contributed by atoms with Gasteiger partial charge in [0.15, 0.2) is 0 Å². The lowest BCUT2D eigenvalue weighted by atomic mass is 9.49. The Hall–Kier alpha value is -2.37. The van der Waals surface area contributed by atoms with Crippen LogP contribution in [0, 0.1) is 23.2 Å². The summed E-state index contributed by atoms with van der Waals surface area (Å²) in [6.07, 6.45) is 7.61. The number of carbonyl (C=O) groups excluding carboxylic acids is 3. The molecule has 1 aromatic rings. The minimum Gasteiger partial charge on any atom is -0.347 e. The Labute approximate surface area is 178 Å². The van der Waals surface area contributed by atoms with E-state index in [1.165, 1.54) is 24.2 Å². The molecule has 2 N–H and O–H groups in total. The first-order valence-corrected chi connectivity index (χ1v) is 11.3. The number of hydrogen-bond donors (Lipinski definition) is 2. The highest BCUT2D eigenvalue weighted by atomic mass is 16.2. The number of para-hydroxylation sites is 1. The maximum Gasteiger partial charge on any atom is 0.243 e. The summed E-state index contributed by atoms with van der Waals surface area (Å²) >= 11 is 0. The quantitative estimate of drug-likeness (QED) is 0.724. The molecule has 3 amide bonds. The average Bonchev–Trinajstić information content (AvgIpc) is 2.71. The van der Waals surface area contributed by atoms with Crippen molar-refractivity contribution >= 4 is 23.4 Å². The summed E-state index contributed by atoms with van der Waals surface area (Å²) in [6.45, 7) is 1.95. The van der Waals surface area contributed by atoms with Crippen LogP contribution >= 0.6 is 0 Å². The molecule has 0 aliphatic heterocycles. The third-order valence-corrected chi connectivity index (χ3v) is 7.40. The van der Waals surface area contributed by atoms with Crippen LogP contribution in [-0.2, 0) is 20.8 Å². The van der Waals surface area contributed by atoms with Gasteiger partial charge in [0, 0.05) is 18.2 Å². The number of hydrogen-bond acceptors (Lipinski definition) is 3. The number of amides is 3. The van der Waals surface area contributed by atoms with Gasteiger partial charge in [0.1, 0.15) is 0 Å². The summed E-state index contributed by atoms with van der Waals surface area (Å²) in [7, 11) is 1.60. The maximum absolute atomic E-state index is 13.0. The molecule has 0 atom stereocenters. The predicted molar refractivity (Wildman–Crippen MR) is 116 cm³/mol. The van der Waals surface area contributed by atoms with Crippen molar-refractivity contribution < 1.29 is 14.4 Å². The molecule has 1 aromatic carbocycles. The van der Waals surface area contributed by atoms with Crippen LogP contribution in [0.3, 0.4) is 0 Å². The molecule has 4 aliphatic carbocycles. The molecule has 0 saturated heterocycles. The fourth-order valence-electron chi connectivity index (χ4n) is 6.31. The van der Waals surface area contributed by atoms with Crippen LogP contribution in [0.4, 0.5) is 5.69 Å². The highest BCUT2D eigenvalue weighted by Crippen LogP contribution is 2.60. The Balaban J connectivity index is 1.27. The average molecular weight is 412 g/mol. The van der Waals surface area contributed by atoms with E-state index >= 15 is 0 Å². The second kappa shape index (κ2) is 8.40. The zero-order valence-electron chi connectivity index (χ0n) is 18.1. The SMILES string of the molecule is CCc1ccccc1NC(=O)CN(C)C(=O)CNC(=O)C12CC3CC(CC(C3)C1)C2. The highest BCUT2D eigenvalue weighted by Gasteiger charge is 2.54. The summed E-state index contributed by atoms with van der Waals surface area (Å²) in [5.41, 5.74) is 1.58. The number of nitrogens with zero attached hydrogens (tertiary/aromatic N) is 1. The molecule has 4 bridgehead atoms. The molecule has 162 valence electrons. The van der Waals surface area contributed by atoms with Crippen LogP contribution < -0.4 is 10.6 Å². The van der Waals surface area contributed by atoms with Crippen LogP contribution in [0.25, 0.3) is 0 Å². The topological polar surface area (TPSA) is 78.5 Å². The monoisotopic (exact) mass is 411 g/mol. The van der Waals surface area contributed by atoms with E-state index in [1.54, 1.807) is 7.05 Å². The van der Waals surface area contributed by atoms with E-state index in [4.69, 9.17) is 0 Å². The standard InChI is InChI=1S/C24H33N3O3/c1-3-19-6-4-5-7-20(19)26-21(28)15-27(2)22(29)14-25-23(30)24-11-16-8-17(12-24)10-18(9-16)13-24/h4-7,16-18H,3,8-15H2,1-2H3,(H,25,30)(H,26,28). The van der Waals surface area contributed by atoms with Crippen molar-refractivity contribution in [2.24, 2.45) is 23.2 Å². The van der Waals surface area contributed by atoms with E-state index in [9.17, 15) is 14.4 Å². The Bertz CT molecular complexity index is 799. The Morgan fingerprint density at radius 3 is 2.23 bits per heavy atom. The fraction of sp³-hybridized carbons (Fsp3) is 0.625. The molecule has 30 heavy (non-hydrogen) atoms. The van der Waals surface area contributed by atoms with E-state index in [1.807, 2.05) is 31.2 Å². The lowest BCUT2D eigenvalue weighted by Crippen LogP contribution is -2.54. The normalized spacial score (nSPS) is 28.8. The molecule has 4 aliphatic rings. The van der Waals surface area contributed by atoms with Gasteiger partial charge in [-0.15, -0.1) is 0 Å². The Morgan fingerprint density at radius 2 is 1.63 bits per heavy atom. The molecule has 6 heteroatoms. The second-order valence-corrected chi connectivity index (χ2v) is 9.69. The van der Waals surface area contributed by atoms with Crippen molar-refractivity contribution in [3.63, 3.8) is 0 Å². The van der Waals surface area contributed by atoms with Crippen molar-refractivity contribution in [1.82, 2.24) is 10.2 Å². The smallest absolute Gasteiger partial charge is 0.243 e. The van der Waals surface area contributed by atoms with Crippen LogP contribution in [0.1, 0.15) is 51.0 Å². The lowest BCUT2D eigenvalue weighted by molar-refractivity contribution is -0.147. The van der Waals surface area contributed by atoms with Gasteiger partial charge in [0.05, 0.1) is 13.1 Å². The molecular weight excluding hydrogens is 378 g/mol. The molecule has 0 heterocycles. The van der Waals surface area contributed by atoms with Crippen LogP contribution in [0.15, 0.2) is 24.3 Å². The summed E-state index contributed by atoms with van der Waals surface area (Å²) < 4.78 is 0. The molecule has 4 saturated carbocycles. The number of likely N-dealkylation sites (N-methyl/N-ethyl adjacent to an activating group) is 1. The van der Waals surface area contributed by atoms with Crippen LogP contribution in [0.2, 0.25) is 0 Å². The number of nitrogens with one attached hydrogen (secondary N) is 2. The summed E-state index contributed by atoms with van der Waals surface area (Å²) in [4.78, 5) is 39.3. The molecule has 4 fully saturated rings. The van der Waals surface area contributed by atoms with Crippen molar-refractivity contribution in [1.29, 1.82) is 0 Å². The van der Waals surface area contributed by atoms with Gasteiger partial charge < -0.3 is 15.5 Å². The van der Waals surface area contributed by atoms with Crippen molar-refractivity contribution in [2.75, 3.05) is 25.5 Å². The molecule has 0 unspecified atom stereocenters. The molecule has 0 aromatic heterocycles. The fourth-order valence-corrected chi connectivity index (χ4v) is 6.31. The van der Waals surface area contributed by atoms with Gasteiger partial charge in [-0.2, -0.15) is 0 Å². The van der Waals surface area contributed by atoms with Gasteiger partial charge in [-0.1, -0.05) is 25.1 Å². The number of anilines is 1. The zero-order chi connectivity index (χ0) is 21.3. The van der Waals surface area contributed by atoms with E-state index in [0.717, 1.165) is 36.9 Å². The summed E-state index contributed by atoms with van der Waals surface area (Å²) in [5, 5.41) is 5.78. The van der Waals surface area contributed by atoms with Crippen molar-refractivity contribution in [3.05, 3.63) is 29.8 Å². The molecule has 6 nitrogen and oxygen atoms in total. The van der Waals surface area contributed by atoms with Crippen LogP contribution in [0.5, 0.6) is 0 Å². The van der Waals surface area contributed by atoms with E-state index in [2.05, 4.69) is 10.6 Å². The lowest BCUT2D eigenvalue weighted by Gasteiger charge is -2.55. The van der Waals surface area contributed by atoms with Gasteiger partial charge >= 0.3 is 0 Å². The second-order valence-electron chi connectivity index (χ2n) is 9.69. The number of benzene rings is 1. The largest absolute Gasteiger partial charge is 0.347 e. The first kappa shape index (κ1) is 20.9. The van der Waals surface area contributed by atoms with Crippen LogP contribution in [-0.4, -0.2) is 42.8 Å². The van der Waals surface area contributed by atoms with Gasteiger partial charge in [-0.3, -0.25) is 14.4 Å². The maximum atomic E-state index is 13.0. The minimum absolute atomic E-state index is 0.0376. The number of aryl methyl sites for hydroxylation is 1. The molecular formula is C24H33N3O3. The van der Waals surface area contributed by atoms with Gasteiger partial charge in [-0.05, 0) is 74.3 Å². The summed E-state index contributed by atoms with van der Waals surface area (Å²) in [5.74, 6) is 1.64. The Morgan fingerprint density at radius 1 is 1.03 bits per heavy atom. The van der Waals surface area contributed by atoms with Gasteiger partial charge in [-0.25, -0.2) is 0 Å². The number of carbonyl (C=O) groups is 3. The summed E-state index contributed by atoms with van der Waals surface area (Å²) in [6, 6.07) is 7.66. The Kier molecular flexibility index (Phi) is 5.85. The highest BCUT2D eigenvalue weighted by molar-refractivity contribution is 5.96. The van der Waals surface area contributed by atoms with E-state index < -0.39 is 0 Å². The van der Waals surface area contributed by atoms with Gasteiger partial charge in [0.2, 0.25) is 17.7 Å². The van der Waals surface area contributed by atoms with Gasteiger partial charge in [0.25, 0.3) is 0 Å². The molecule has 5 rings (SSSR count). The molecule has 0 radical (unpaired) electrons. The number of rotatable bonds is 7. The van der Waals surface area contributed by atoms with Crippen molar-refractivity contribution in [2.45, 2.75) is 51.9 Å². The van der Waals surface area contributed by atoms with E-state index in [-0.39, 0.29) is 36.2 Å².